The topological polar surface area (TPSA) is 51.8 Å². The van der Waals surface area contributed by atoms with Gasteiger partial charge >= 0.3 is 0 Å². The third-order valence-electron chi connectivity index (χ3n) is 2.60. The number of benzene rings is 1. The van der Waals surface area contributed by atoms with Crippen LogP contribution in [0.4, 0.5) is 4.39 Å². The zero-order valence-corrected chi connectivity index (χ0v) is 11.2. The third-order valence-corrected chi connectivity index (χ3v) is 3.49. The molecule has 0 bridgehead atoms. The van der Waals surface area contributed by atoms with Crippen molar-refractivity contribution in [1.82, 2.24) is 15.2 Å². The smallest absolute Gasteiger partial charge is 0.277 e. The van der Waals surface area contributed by atoms with Gasteiger partial charge in [0.15, 0.2) is 0 Å². The number of aromatic nitrogens is 3. The summed E-state index contributed by atoms with van der Waals surface area (Å²) in [5.74, 6) is 0.490. The Morgan fingerprint density at radius 3 is 2.80 bits per heavy atom. The number of pyridine rings is 1. The maximum absolute atomic E-state index is 13.6. The van der Waals surface area contributed by atoms with Crippen LogP contribution in [0.3, 0.4) is 0 Å². The van der Waals surface area contributed by atoms with Crippen LogP contribution in [0.5, 0.6) is 0 Å². The minimum absolute atomic E-state index is 0.191. The highest BCUT2D eigenvalue weighted by atomic mass is 32.2. The standard InChI is InChI=1S/C14H10FN3OS/c15-12-6-2-1-5-11(12)13-17-18-14(19-13)20-9-10-4-3-7-16-8-10/h1-8H,9H2. The van der Waals surface area contributed by atoms with Crippen molar-refractivity contribution in [1.29, 1.82) is 0 Å². The predicted molar refractivity (Wildman–Crippen MR) is 73.5 cm³/mol. The van der Waals surface area contributed by atoms with Gasteiger partial charge in [-0.3, -0.25) is 4.98 Å². The Labute approximate surface area is 119 Å². The maximum atomic E-state index is 13.6. The van der Waals surface area contributed by atoms with E-state index in [1.165, 1.54) is 17.8 Å². The summed E-state index contributed by atoms with van der Waals surface area (Å²) in [4.78, 5) is 4.03. The summed E-state index contributed by atoms with van der Waals surface area (Å²) in [5.41, 5.74) is 1.37. The third kappa shape index (κ3) is 2.85. The van der Waals surface area contributed by atoms with E-state index in [1.54, 1.807) is 30.6 Å². The van der Waals surface area contributed by atoms with Crippen LogP contribution < -0.4 is 0 Å². The van der Waals surface area contributed by atoms with Gasteiger partial charge in [-0.2, -0.15) is 0 Å². The summed E-state index contributed by atoms with van der Waals surface area (Å²) >= 11 is 1.39. The van der Waals surface area contributed by atoms with Gasteiger partial charge < -0.3 is 4.42 Å². The molecule has 3 aromatic rings. The fourth-order valence-electron chi connectivity index (χ4n) is 1.64. The summed E-state index contributed by atoms with van der Waals surface area (Å²) in [5, 5.41) is 8.18. The lowest BCUT2D eigenvalue weighted by atomic mass is 10.2. The number of nitrogens with zero attached hydrogens (tertiary/aromatic N) is 3. The molecule has 0 atom stereocenters. The van der Waals surface area contributed by atoms with Crippen LogP contribution in [-0.2, 0) is 5.75 Å². The highest BCUT2D eigenvalue weighted by Crippen LogP contribution is 2.26. The highest BCUT2D eigenvalue weighted by molar-refractivity contribution is 7.98. The molecular formula is C14H10FN3OS. The molecule has 0 unspecified atom stereocenters. The average molecular weight is 287 g/mol. The van der Waals surface area contributed by atoms with Crippen LogP contribution in [0, 0.1) is 5.82 Å². The van der Waals surface area contributed by atoms with Gasteiger partial charge in [-0.05, 0) is 23.8 Å². The lowest BCUT2D eigenvalue weighted by Crippen LogP contribution is -1.82. The van der Waals surface area contributed by atoms with Crippen LogP contribution in [0.2, 0.25) is 0 Å². The zero-order chi connectivity index (χ0) is 13.8. The van der Waals surface area contributed by atoms with Crippen LogP contribution in [0.1, 0.15) is 5.56 Å². The van der Waals surface area contributed by atoms with E-state index < -0.39 is 0 Å². The Balaban J connectivity index is 1.73. The molecule has 2 heterocycles. The van der Waals surface area contributed by atoms with Crippen molar-refractivity contribution in [3.63, 3.8) is 0 Å². The molecule has 0 radical (unpaired) electrons. The maximum Gasteiger partial charge on any atom is 0.277 e. The molecule has 0 N–H and O–H groups in total. The first-order valence-electron chi connectivity index (χ1n) is 5.93. The normalized spacial score (nSPS) is 10.7. The van der Waals surface area contributed by atoms with Crippen LogP contribution in [-0.4, -0.2) is 15.2 Å². The Kier molecular flexibility index (Phi) is 3.73. The molecule has 3 rings (SSSR count). The number of hydrogen-bond acceptors (Lipinski definition) is 5. The Morgan fingerprint density at radius 2 is 2.00 bits per heavy atom. The molecule has 100 valence electrons. The van der Waals surface area contributed by atoms with Gasteiger partial charge in [0.2, 0.25) is 0 Å². The first-order chi connectivity index (χ1) is 9.83. The van der Waals surface area contributed by atoms with Gasteiger partial charge in [-0.15, -0.1) is 10.2 Å². The van der Waals surface area contributed by atoms with E-state index in [9.17, 15) is 4.39 Å². The summed E-state index contributed by atoms with van der Waals surface area (Å²) in [6.07, 6.45) is 3.50. The van der Waals surface area contributed by atoms with E-state index in [1.807, 2.05) is 12.1 Å². The Bertz CT molecular complexity index is 702. The number of hydrogen-bond donors (Lipinski definition) is 0. The van der Waals surface area contributed by atoms with Gasteiger partial charge in [0.1, 0.15) is 5.82 Å². The lowest BCUT2D eigenvalue weighted by molar-refractivity contribution is 0.463. The molecule has 4 nitrogen and oxygen atoms in total. The van der Waals surface area contributed by atoms with Crippen molar-refractivity contribution in [2.24, 2.45) is 0 Å². The molecule has 0 saturated heterocycles. The molecule has 0 aliphatic carbocycles. The highest BCUT2D eigenvalue weighted by Gasteiger charge is 2.12. The van der Waals surface area contributed by atoms with Crippen LogP contribution in [0.25, 0.3) is 11.5 Å². The minimum atomic E-state index is -0.375. The van der Waals surface area contributed by atoms with Crippen molar-refractivity contribution in [2.75, 3.05) is 0 Å². The van der Waals surface area contributed by atoms with E-state index in [0.29, 0.717) is 16.5 Å². The SMILES string of the molecule is Fc1ccccc1-c1nnc(SCc2cccnc2)o1. The van der Waals surface area contributed by atoms with Crippen LogP contribution >= 0.6 is 11.8 Å². The quantitative estimate of drug-likeness (QED) is 0.687. The second-order valence-electron chi connectivity index (χ2n) is 4.00. The van der Waals surface area contributed by atoms with Crippen molar-refractivity contribution < 1.29 is 8.81 Å². The summed E-state index contributed by atoms with van der Waals surface area (Å²) in [7, 11) is 0. The molecule has 0 amide bonds. The average Bonchev–Trinajstić information content (AvgIpc) is 2.95. The molecule has 1 aromatic carbocycles. The first kappa shape index (κ1) is 12.8. The minimum Gasteiger partial charge on any atom is -0.411 e. The summed E-state index contributed by atoms with van der Waals surface area (Å²) < 4.78 is 19.0. The molecule has 0 aliphatic heterocycles. The summed E-state index contributed by atoms with van der Waals surface area (Å²) in [6, 6.07) is 10.2. The second kappa shape index (κ2) is 5.83. The fraction of sp³-hybridized carbons (Fsp3) is 0.0714. The molecule has 2 aromatic heterocycles. The van der Waals surface area contributed by atoms with E-state index in [0.717, 1.165) is 5.56 Å². The largest absolute Gasteiger partial charge is 0.411 e. The number of thioether (sulfide) groups is 1. The second-order valence-corrected chi connectivity index (χ2v) is 4.93. The Hall–Kier alpha value is -2.21. The van der Waals surface area contributed by atoms with E-state index >= 15 is 0 Å². The predicted octanol–water partition coefficient (Wildman–Crippen LogP) is 3.56. The molecule has 0 aliphatic rings. The van der Waals surface area contributed by atoms with E-state index in [4.69, 9.17) is 4.42 Å². The first-order valence-corrected chi connectivity index (χ1v) is 6.91. The molecule has 0 saturated carbocycles. The van der Waals surface area contributed by atoms with E-state index in [2.05, 4.69) is 15.2 Å². The van der Waals surface area contributed by atoms with Crippen molar-refractivity contribution >= 4 is 11.8 Å². The molecule has 20 heavy (non-hydrogen) atoms. The number of halogens is 1. The monoisotopic (exact) mass is 287 g/mol. The van der Waals surface area contributed by atoms with Crippen molar-refractivity contribution in [3.05, 3.63) is 60.2 Å². The van der Waals surface area contributed by atoms with Gasteiger partial charge in [0.05, 0.1) is 5.56 Å². The molecular weight excluding hydrogens is 277 g/mol. The zero-order valence-electron chi connectivity index (χ0n) is 10.4. The van der Waals surface area contributed by atoms with Gasteiger partial charge in [0, 0.05) is 18.1 Å². The molecule has 0 fully saturated rings. The van der Waals surface area contributed by atoms with E-state index in [-0.39, 0.29) is 11.7 Å². The molecule has 0 spiro atoms. The summed E-state index contributed by atoms with van der Waals surface area (Å²) in [6.45, 7) is 0. The van der Waals surface area contributed by atoms with Crippen LogP contribution in [0.15, 0.2) is 58.4 Å². The van der Waals surface area contributed by atoms with Crippen molar-refractivity contribution in [3.8, 4) is 11.5 Å². The van der Waals surface area contributed by atoms with Crippen molar-refractivity contribution in [2.45, 2.75) is 11.0 Å². The fourth-order valence-corrected chi connectivity index (χ4v) is 2.34. The van der Waals surface area contributed by atoms with Gasteiger partial charge in [-0.1, -0.05) is 30.0 Å². The lowest BCUT2D eigenvalue weighted by Gasteiger charge is -1.97. The number of rotatable bonds is 4. The van der Waals surface area contributed by atoms with Gasteiger partial charge in [-0.25, -0.2) is 4.39 Å². The Morgan fingerprint density at radius 1 is 1.10 bits per heavy atom. The molecule has 6 heteroatoms. The van der Waals surface area contributed by atoms with Gasteiger partial charge in [0.25, 0.3) is 11.1 Å².